The number of rotatable bonds is 5. The molecule has 4 heteroatoms. The quantitative estimate of drug-likeness (QED) is 0.715. The second-order valence-corrected chi connectivity index (χ2v) is 3.44. The molecule has 2 N–H and O–H groups in total. The van der Waals surface area contributed by atoms with Crippen LogP contribution in [-0.2, 0) is 6.54 Å². The Morgan fingerprint density at radius 1 is 1.71 bits per heavy atom. The van der Waals surface area contributed by atoms with E-state index < -0.39 is 0 Å². The lowest BCUT2D eigenvalue weighted by molar-refractivity contribution is 0.0923. The van der Waals surface area contributed by atoms with Crippen LogP contribution < -0.4 is 5.73 Å². The lowest BCUT2D eigenvalue weighted by atomic mass is 10.0. The first-order valence-corrected chi connectivity index (χ1v) is 4.96. The molecular formula is C10H17N3O. The topological polar surface area (TPSA) is 60.9 Å². The Bertz CT molecular complexity index is 306. The van der Waals surface area contributed by atoms with Crippen LogP contribution in [0.5, 0.6) is 0 Å². The molecule has 1 aromatic rings. The number of carbonyl (C=O) groups excluding carboxylic acids is 1. The number of ketones is 1. The van der Waals surface area contributed by atoms with Gasteiger partial charge in [-0.15, -0.1) is 0 Å². The van der Waals surface area contributed by atoms with E-state index >= 15 is 0 Å². The molecule has 0 aliphatic heterocycles. The fraction of sp³-hybridized carbons (Fsp3) is 0.600. The molecule has 1 heterocycles. The molecule has 0 bridgehead atoms. The molecule has 14 heavy (non-hydrogen) atoms. The Labute approximate surface area is 84.1 Å². The lowest BCUT2D eigenvalue weighted by Gasteiger charge is -2.09. The van der Waals surface area contributed by atoms with Crippen molar-refractivity contribution in [1.29, 1.82) is 0 Å². The number of nitrogens with two attached hydrogens (primary N) is 1. The number of carbonyl (C=O) groups is 1. The van der Waals surface area contributed by atoms with E-state index in [0.717, 1.165) is 13.0 Å². The van der Waals surface area contributed by atoms with E-state index in [1.807, 2.05) is 6.92 Å². The molecule has 1 aromatic heterocycles. The van der Waals surface area contributed by atoms with E-state index in [0.29, 0.717) is 12.2 Å². The van der Waals surface area contributed by atoms with Gasteiger partial charge in [0.2, 0.25) is 0 Å². The summed E-state index contributed by atoms with van der Waals surface area (Å²) in [6.07, 6.45) is 2.63. The van der Waals surface area contributed by atoms with Gasteiger partial charge in [0.15, 0.2) is 5.78 Å². The van der Waals surface area contributed by atoms with Crippen molar-refractivity contribution in [3.05, 3.63) is 18.0 Å². The third-order valence-corrected chi connectivity index (χ3v) is 2.21. The van der Waals surface area contributed by atoms with Gasteiger partial charge in [-0.2, -0.15) is 5.10 Å². The van der Waals surface area contributed by atoms with Crippen molar-refractivity contribution >= 4 is 5.78 Å². The first-order valence-electron chi connectivity index (χ1n) is 4.96. The summed E-state index contributed by atoms with van der Waals surface area (Å²) < 4.78 is 1.74. The van der Waals surface area contributed by atoms with Crippen LogP contribution in [0.3, 0.4) is 0 Å². The molecule has 0 aliphatic rings. The minimum absolute atomic E-state index is 0.0819. The van der Waals surface area contributed by atoms with Crippen LogP contribution in [0.1, 0.15) is 30.8 Å². The Hall–Kier alpha value is -1.16. The molecule has 1 unspecified atom stereocenters. The number of Topliss-reactive ketones (excluding diaryl/α,β-unsaturated/α-hetero) is 1. The van der Waals surface area contributed by atoms with Crippen molar-refractivity contribution in [2.24, 2.45) is 11.7 Å². The van der Waals surface area contributed by atoms with Gasteiger partial charge in [-0.1, -0.05) is 13.8 Å². The average Bonchev–Trinajstić information content (AvgIpc) is 2.64. The molecule has 0 aliphatic carbocycles. The van der Waals surface area contributed by atoms with Crippen molar-refractivity contribution in [3.63, 3.8) is 0 Å². The maximum absolute atomic E-state index is 11.8. The van der Waals surface area contributed by atoms with E-state index in [-0.39, 0.29) is 11.7 Å². The maximum atomic E-state index is 11.8. The van der Waals surface area contributed by atoms with Gasteiger partial charge in [-0.25, -0.2) is 0 Å². The highest BCUT2D eigenvalue weighted by Gasteiger charge is 2.17. The van der Waals surface area contributed by atoms with Gasteiger partial charge in [-0.3, -0.25) is 9.48 Å². The minimum Gasteiger partial charge on any atom is -0.330 e. The number of aromatic nitrogens is 2. The molecule has 0 saturated heterocycles. The van der Waals surface area contributed by atoms with Crippen LogP contribution in [0, 0.1) is 5.92 Å². The summed E-state index contributed by atoms with van der Waals surface area (Å²) in [6, 6.07) is 1.75. The van der Waals surface area contributed by atoms with Gasteiger partial charge >= 0.3 is 0 Å². The van der Waals surface area contributed by atoms with Crippen molar-refractivity contribution in [3.8, 4) is 0 Å². The molecule has 1 rings (SSSR count). The Balaban J connectivity index is 2.83. The second-order valence-electron chi connectivity index (χ2n) is 3.44. The summed E-state index contributed by atoms with van der Waals surface area (Å²) in [5.41, 5.74) is 6.12. The zero-order valence-corrected chi connectivity index (χ0v) is 8.73. The summed E-state index contributed by atoms with van der Waals surface area (Å²) in [7, 11) is 0. The van der Waals surface area contributed by atoms with Gasteiger partial charge in [0.1, 0.15) is 5.69 Å². The maximum Gasteiger partial charge on any atom is 0.184 e. The van der Waals surface area contributed by atoms with Gasteiger partial charge < -0.3 is 5.73 Å². The molecule has 0 saturated carbocycles. The first kappa shape index (κ1) is 10.9. The highest BCUT2D eigenvalue weighted by Crippen LogP contribution is 2.07. The lowest BCUT2D eigenvalue weighted by Crippen LogP contribution is -2.23. The number of hydrogen-bond donors (Lipinski definition) is 1. The molecule has 1 atom stereocenters. The molecule has 0 fully saturated rings. The SMILES string of the molecule is CCCn1nccc1C(=O)C(C)CN. The summed E-state index contributed by atoms with van der Waals surface area (Å²) in [4.78, 5) is 11.8. The molecule has 0 radical (unpaired) electrons. The van der Waals surface area contributed by atoms with Crippen molar-refractivity contribution in [2.75, 3.05) is 6.54 Å². The summed E-state index contributed by atoms with van der Waals surface area (Å²) >= 11 is 0. The predicted octanol–water partition coefficient (Wildman–Crippen LogP) is 1.07. The molecule has 0 amide bonds. The van der Waals surface area contributed by atoms with Crippen LogP contribution >= 0.6 is 0 Å². The monoisotopic (exact) mass is 195 g/mol. The van der Waals surface area contributed by atoms with Crippen molar-refractivity contribution < 1.29 is 4.79 Å². The van der Waals surface area contributed by atoms with Crippen molar-refractivity contribution in [2.45, 2.75) is 26.8 Å². The van der Waals surface area contributed by atoms with Crippen LogP contribution in [-0.4, -0.2) is 22.1 Å². The number of hydrogen-bond acceptors (Lipinski definition) is 3. The van der Waals surface area contributed by atoms with Crippen LogP contribution in [0.2, 0.25) is 0 Å². The summed E-state index contributed by atoms with van der Waals surface area (Å²) in [5.74, 6) is -0.0410. The fourth-order valence-corrected chi connectivity index (χ4v) is 1.29. The smallest absolute Gasteiger partial charge is 0.184 e. The van der Waals surface area contributed by atoms with Gasteiger partial charge in [0.05, 0.1) is 0 Å². The normalized spacial score (nSPS) is 12.8. The van der Waals surface area contributed by atoms with Crippen LogP contribution in [0.25, 0.3) is 0 Å². The third kappa shape index (κ3) is 2.20. The van der Waals surface area contributed by atoms with Gasteiger partial charge in [-0.05, 0) is 12.5 Å². The van der Waals surface area contributed by atoms with E-state index in [2.05, 4.69) is 12.0 Å². The van der Waals surface area contributed by atoms with Crippen LogP contribution in [0.4, 0.5) is 0 Å². The Morgan fingerprint density at radius 2 is 2.43 bits per heavy atom. The summed E-state index contributed by atoms with van der Waals surface area (Å²) in [5, 5.41) is 4.10. The van der Waals surface area contributed by atoms with E-state index in [9.17, 15) is 4.79 Å². The predicted molar refractivity (Wildman–Crippen MR) is 55.1 cm³/mol. The zero-order valence-electron chi connectivity index (χ0n) is 8.73. The largest absolute Gasteiger partial charge is 0.330 e. The molecule has 4 nitrogen and oxygen atoms in total. The molecule has 0 spiro atoms. The summed E-state index contributed by atoms with van der Waals surface area (Å²) in [6.45, 7) is 5.06. The van der Waals surface area contributed by atoms with E-state index in [4.69, 9.17) is 5.73 Å². The van der Waals surface area contributed by atoms with Gasteiger partial charge in [0, 0.05) is 25.2 Å². The molecule has 78 valence electrons. The third-order valence-electron chi connectivity index (χ3n) is 2.21. The number of nitrogens with zero attached hydrogens (tertiary/aromatic N) is 2. The standard InChI is InChI=1S/C10H17N3O/c1-3-6-13-9(4-5-12-13)10(14)8(2)7-11/h4-5,8H,3,6-7,11H2,1-2H3. The van der Waals surface area contributed by atoms with E-state index in [1.54, 1.807) is 16.9 Å². The van der Waals surface area contributed by atoms with E-state index in [1.165, 1.54) is 0 Å². The highest BCUT2D eigenvalue weighted by molar-refractivity contribution is 5.96. The highest BCUT2D eigenvalue weighted by atomic mass is 16.1. The average molecular weight is 195 g/mol. The van der Waals surface area contributed by atoms with Crippen molar-refractivity contribution in [1.82, 2.24) is 9.78 Å². The fourth-order valence-electron chi connectivity index (χ4n) is 1.29. The number of aryl methyl sites for hydroxylation is 1. The Morgan fingerprint density at radius 3 is 3.00 bits per heavy atom. The first-order chi connectivity index (χ1) is 6.70. The second kappa shape index (κ2) is 4.91. The zero-order chi connectivity index (χ0) is 10.6. The minimum atomic E-state index is -0.123. The van der Waals surface area contributed by atoms with Crippen LogP contribution in [0.15, 0.2) is 12.3 Å². The van der Waals surface area contributed by atoms with Gasteiger partial charge in [0.25, 0.3) is 0 Å². The molecule has 0 aromatic carbocycles. The molecular weight excluding hydrogens is 178 g/mol. The Kier molecular flexibility index (Phi) is 3.83.